The van der Waals surface area contributed by atoms with Crippen molar-refractivity contribution in [1.29, 1.82) is 0 Å². The molecule has 0 aromatic heterocycles. The summed E-state index contributed by atoms with van der Waals surface area (Å²) in [4.78, 5) is 10.4. The molecule has 0 radical (unpaired) electrons. The van der Waals surface area contributed by atoms with Gasteiger partial charge in [0.2, 0.25) is 0 Å². The highest BCUT2D eigenvalue weighted by Crippen LogP contribution is 2.23. The Morgan fingerprint density at radius 2 is 2.20 bits per heavy atom. The van der Waals surface area contributed by atoms with Crippen LogP contribution in [0.25, 0.3) is 0 Å². The second kappa shape index (κ2) is 4.92. The third-order valence-corrected chi connectivity index (χ3v) is 2.69. The molecule has 0 bridgehead atoms. The van der Waals surface area contributed by atoms with Crippen molar-refractivity contribution in [3.63, 3.8) is 0 Å². The minimum absolute atomic E-state index is 0.0159. The summed E-state index contributed by atoms with van der Waals surface area (Å²) in [5.41, 5.74) is 0. The van der Waals surface area contributed by atoms with Crippen molar-refractivity contribution in [2.24, 2.45) is 0 Å². The smallest absolute Gasteiger partial charge is 0.306 e. The van der Waals surface area contributed by atoms with Crippen LogP contribution in [-0.2, 0) is 19.0 Å². The molecule has 0 saturated carbocycles. The predicted octanol–water partition coefficient (Wildman–Crippen LogP) is 0.772. The van der Waals surface area contributed by atoms with Crippen molar-refractivity contribution in [1.82, 2.24) is 0 Å². The summed E-state index contributed by atoms with van der Waals surface area (Å²) < 4.78 is 16.3. The van der Waals surface area contributed by atoms with Gasteiger partial charge in [0.15, 0.2) is 6.29 Å². The Morgan fingerprint density at radius 3 is 2.87 bits per heavy atom. The van der Waals surface area contributed by atoms with Crippen LogP contribution in [0.2, 0.25) is 0 Å². The number of hydrogen-bond acceptors (Lipinski definition) is 4. The number of carboxylic acid groups (broad SMARTS) is 1. The molecule has 2 saturated heterocycles. The van der Waals surface area contributed by atoms with E-state index in [1.807, 2.05) is 0 Å². The summed E-state index contributed by atoms with van der Waals surface area (Å²) in [6.45, 7) is 1.19. The van der Waals surface area contributed by atoms with Crippen LogP contribution in [0.5, 0.6) is 0 Å². The highest BCUT2D eigenvalue weighted by molar-refractivity contribution is 5.67. The van der Waals surface area contributed by atoms with Gasteiger partial charge in [-0.3, -0.25) is 4.79 Å². The second-order valence-corrected chi connectivity index (χ2v) is 3.99. The Morgan fingerprint density at radius 1 is 1.33 bits per heavy atom. The zero-order valence-corrected chi connectivity index (χ0v) is 8.55. The maximum absolute atomic E-state index is 10.4. The van der Waals surface area contributed by atoms with Crippen LogP contribution < -0.4 is 0 Å². The molecule has 15 heavy (non-hydrogen) atoms. The van der Waals surface area contributed by atoms with Gasteiger partial charge in [0.05, 0.1) is 25.2 Å². The van der Waals surface area contributed by atoms with Gasteiger partial charge >= 0.3 is 5.97 Å². The molecule has 0 aromatic rings. The van der Waals surface area contributed by atoms with E-state index >= 15 is 0 Å². The zero-order chi connectivity index (χ0) is 10.7. The first-order valence-electron chi connectivity index (χ1n) is 5.34. The van der Waals surface area contributed by atoms with Crippen molar-refractivity contribution in [3.8, 4) is 0 Å². The Balaban J connectivity index is 1.70. The Kier molecular flexibility index (Phi) is 3.56. The summed E-state index contributed by atoms with van der Waals surface area (Å²) in [6.07, 6.45) is 2.52. The molecule has 0 spiro atoms. The molecule has 0 aliphatic carbocycles. The van der Waals surface area contributed by atoms with Gasteiger partial charge in [-0.05, 0) is 12.8 Å². The summed E-state index contributed by atoms with van der Waals surface area (Å²) in [7, 11) is 0. The quantitative estimate of drug-likeness (QED) is 0.752. The Bertz CT molecular complexity index is 224. The van der Waals surface area contributed by atoms with Crippen LogP contribution in [0.3, 0.4) is 0 Å². The van der Waals surface area contributed by atoms with E-state index in [1.165, 1.54) is 0 Å². The lowest BCUT2D eigenvalue weighted by atomic mass is 10.2. The largest absolute Gasteiger partial charge is 0.481 e. The molecule has 2 fully saturated rings. The van der Waals surface area contributed by atoms with Crippen LogP contribution in [0.4, 0.5) is 0 Å². The fourth-order valence-corrected chi connectivity index (χ4v) is 1.98. The topological polar surface area (TPSA) is 65.0 Å². The molecule has 3 unspecified atom stereocenters. The first-order chi connectivity index (χ1) is 7.24. The summed E-state index contributed by atoms with van der Waals surface area (Å²) in [5, 5.41) is 8.58. The summed E-state index contributed by atoms with van der Waals surface area (Å²) >= 11 is 0. The van der Waals surface area contributed by atoms with Crippen molar-refractivity contribution in [2.75, 3.05) is 13.2 Å². The van der Waals surface area contributed by atoms with Crippen LogP contribution >= 0.6 is 0 Å². The zero-order valence-electron chi connectivity index (χ0n) is 8.55. The van der Waals surface area contributed by atoms with Gasteiger partial charge in [0.1, 0.15) is 0 Å². The molecule has 1 N–H and O–H groups in total. The number of carbonyl (C=O) groups is 1. The average Bonchev–Trinajstić information content (AvgIpc) is 2.77. The van der Waals surface area contributed by atoms with E-state index in [1.54, 1.807) is 0 Å². The molecule has 5 heteroatoms. The highest BCUT2D eigenvalue weighted by Gasteiger charge is 2.30. The molecule has 2 aliphatic rings. The van der Waals surface area contributed by atoms with E-state index < -0.39 is 5.97 Å². The minimum atomic E-state index is -0.846. The van der Waals surface area contributed by atoms with E-state index in [4.69, 9.17) is 19.3 Å². The lowest BCUT2D eigenvalue weighted by Crippen LogP contribution is -2.20. The van der Waals surface area contributed by atoms with Gasteiger partial charge in [-0.1, -0.05) is 0 Å². The molecule has 2 aliphatic heterocycles. The molecule has 2 rings (SSSR count). The van der Waals surface area contributed by atoms with Gasteiger partial charge in [-0.15, -0.1) is 0 Å². The normalized spacial score (nSPS) is 35.9. The second-order valence-electron chi connectivity index (χ2n) is 3.99. The van der Waals surface area contributed by atoms with E-state index in [2.05, 4.69) is 0 Å². The van der Waals surface area contributed by atoms with E-state index in [0.29, 0.717) is 6.61 Å². The summed E-state index contributed by atoms with van der Waals surface area (Å²) in [5.74, 6) is -0.846. The SMILES string of the molecule is O=C(O)CC1COC(CC2CCCO2)O1. The van der Waals surface area contributed by atoms with Crippen molar-refractivity contribution in [2.45, 2.75) is 44.2 Å². The molecule has 0 aromatic carbocycles. The maximum atomic E-state index is 10.4. The monoisotopic (exact) mass is 216 g/mol. The molecular weight excluding hydrogens is 200 g/mol. The van der Waals surface area contributed by atoms with E-state index in [0.717, 1.165) is 25.9 Å². The molecule has 5 nitrogen and oxygen atoms in total. The number of ether oxygens (including phenoxy) is 3. The maximum Gasteiger partial charge on any atom is 0.306 e. The molecule has 86 valence electrons. The molecular formula is C10H16O5. The van der Waals surface area contributed by atoms with Crippen molar-refractivity contribution in [3.05, 3.63) is 0 Å². The first kappa shape index (κ1) is 10.9. The van der Waals surface area contributed by atoms with Crippen LogP contribution in [0.15, 0.2) is 0 Å². The number of carboxylic acids is 1. The standard InChI is InChI=1S/C10H16O5/c11-9(12)4-8-6-14-10(15-8)5-7-2-1-3-13-7/h7-8,10H,1-6H2,(H,11,12). The number of rotatable bonds is 4. The summed E-state index contributed by atoms with van der Waals surface area (Å²) in [6, 6.07) is 0. The Labute approximate surface area is 88.3 Å². The van der Waals surface area contributed by atoms with Gasteiger partial charge in [0, 0.05) is 13.0 Å². The van der Waals surface area contributed by atoms with Crippen LogP contribution in [-0.4, -0.2) is 42.8 Å². The molecule has 2 heterocycles. The van der Waals surface area contributed by atoms with Crippen LogP contribution in [0.1, 0.15) is 25.7 Å². The van der Waals surface area contributed by atoms with Gasteiger partial charge in [-0.2, -0.15) is 0 Å². The van der Waals surface area contributed by atoms with E-state index in [9.17, 15) is 4.79 Å². The van der Waals surface area contributed by atoms with E-state index in [-0.39, 0.29) is 24.9 Å². The van der Waals surface area contributed by atoms with Gasteiger partial charge in [0.25, 0.3) is 0 Å². The van der Waals surface area contributed by atoms with Gasteiger partial charge < -0.3 is 19.3 Å². The highest BCUT2D eigenvalue weighted by atomic mass is 16.7. The van der Waals surface area contributed by atoms with Crippen molar-refractivity contribution >= 4 is 5.97 Å². The fraction of sp³-hybridized carbons (Fsp3) is 0.900. The number of hydrogen-bond donors (Lipinski definition) is 1. The third-order valence-electron chi connectivity index (χ3n) is 2.69. The first-order valence-corrected chi connectivity index (χ1v) is 5.34. The Hall–Kier alpha value is -0.650. The predicted molar refractivity (Wildman–Crippen MR) is 50.5 cm³/mol. The lowest BCUT2D eigenvalue weighted by Gasteiger charge is -2.14. The molecule has 0 amide bonds. The average molecular weight is 216 g/mol. The van der Waals surface area contributed by atoms with Crippen molar-refractivity contribution < 1.29 is 24.1 Å². The van der Waals surface area contributed by atoms with Gasteiger partial charge in [-0.25, -0.2) is 0 Å². The lowest BCUT2D eigenvalue weighted by molar-refractivity contribution is -0.140. The van der Waals surface area contributed by atoms with Crippen LogP contribution in [0, 0.1) is 0 Å². The molecule has 3 atom stereocenters. The fourth-order valence-electron chi connectivity index (χ4n) is 1.98. The third kappa shape index (κ3) is 3.15. The minimum Gasteiger partial charge on any atom is -0.481 e. The number of aliphatic carboxylic acids is 1.